The molecule has 0 aromatic carbocycles. The van der Waals surface area contributed by atoms with Gasteiger partial charge in [0, 0.05) is 6.04 Å². The molecule has 0 rings (SSSR count). The van der Waals surface area contributed by atoms with Crippen LogP contribution in [-0.2, 0) is 0 Å². The summed E-state index contributed by atoms with van der Waals surface area (Å²) >= 11 is 2.06. The molecular weight excluding hydrogens is 232 g/mol. The van der Waals surface area contributed by atoms with E-state index in [0.717, 1.165) is 6.42 Å². The second kappa shape index (κ2) is 5.41. The summed E-state index contributed by atoms with van der Waals surface area (Å²) in [6.07, 6.45) is 1.06. The number of hydrogen-bond donors (Lipinski definition) is 1. The van der Waals surface area contributed by atoms with Crippen LogP contribution in [0.15, 0.2) is 0 Å². The van der Waals surface area contributed by atoms with Crippen molar-refractivity contribution in [3.63, 3.8) is 0 Å². The summed E-state index contributed by atoms with van der Waals surface area (Å²) in [6, 6.07) is 0.433. The average molecular weight is 245 g/mol. The minimum absolute atomic E-state index is 0.0162. The number of nitrogens with one attached hydrogen (secondary N) is 1. The van der Waals surface area contributed by atoms with E-state index in [1.807, 2.05) is 0 Å². The second-order valence-electron chi connectivity index (χ2n) is 2.10. The predicted octanol–water partition coefficient (Wildman–Crippen LogP) is 2.11. The molecule has 0 saturated heterocycles. The zero-order chi connectivity index (χ0) is 7.28. The van der Waals surface area contributed by atoms with Crippen LogP contribution in [-0.4, -0.2) is 16.8 Å². The maximum atomic E-state index is 11.8. The average Bonchev–Trinajstić information content (AvgIpc) is 1.87. The van der Waals surface area contributed by atoms with Gasteiger partial charge in [0.25, 0.3) is 0 Å². The van der Waals surface area contributed by atoms with Crippen molar-refractivity contribution in [3.05, 3.63) is 0 Å². The first kappa shape index (κ1) is 9.62. The predicted molar refractivity (Wildman–Crippen MR) is 46.7 cm³/mol. The monoisotopic (exact) mass is 245 g/mol. The minimum Gasteiger partial charge on any atom is -0.301 e. The Labute approximate surface area is 69.5 Å². The molecule has 0 radical (unpaired) electrons. The largest absolute Gasteiger partial charge is 0.301 e. The molecule has 0 aromatic heterocycles. The first-order valence-corrected chi connectivity index (χ1v) is 4.41. The molecule has 2 unspecified atom stereocenters. The summed E-state index contributed by atoms with van der Waals surface area (Å²) in [5, 5.41) is 3.09. The summed E-state index contributed by atoms with van der Waals surface area (Å²) in [7, 11) is 0. The summed E-state index contributed by atoms with van der Waals surface area (Å²) in [4.78, 5) is 0. The maximum absolute atomic E-state index is 11.8. The van der Waals surface area contributed by atoms with E-state index in [9.17, 15) is 4.39 Å². The van der Waals surface area contributed by atoms with Crippen LogP contribution in [0.25, 0.3) is 0 Å². The highest BCUT2D eigenvalue weighted by Crippen LogP contribution is 1.99. The Bertz CT molecular complexity index is 62.1. The number of alkyl halides is 2. The summed E-state index contributed by atoms with van der Waals surface area (Å²) < 4.78 is 11.8. The van der Waals surface area contributed by atoms with Crippen LogP contribution in [0, 0.1) is 0 Å². The number of halogens is 2. The fraction of sp³-hybridized carbons (Fsp3) is 1.00. The van der Waals surface area contributed by atoms with E-state index in [4.69, 9.17) is 0 Å². The van der Waals surface area contributed by atoms with E-state index < -0.39 is 0 Å². The number of rotatable bonds is 4. The topological polar surface area (TPSA) is 12.0 Å². The minimum atomic E-state index is -0.287. The van der Waals surface area contributed by atoms with Crippen LogP contribution >= 0.6 is 22.6 Å². The lowest BCUT2D eigenvalue weighted by Gasteiger charge is -2.13. The molecule has 9 heavy (non-hydrogen) atoms. The second-order valence-corrected chi connectivity index (χ2v) is 3.60. The molecule has 0 heterocycles. The molecule has 1 nitrogen and oxygen atoms in total. The summed E-state index contributed by atoms with van der Waals surface area (Å²) in [5.41, 5.74) is 0. The number of hydrogen-bond acceptors (Lipinski definition) is 1. The van der Waals surface area contributed by atoms with Crippen LogP contribution < -0.4 is 5.32 Å². The van der Waals surface area contributed by atoms with Gasteiger partial charge < -0.3 is 5.32 Å². The van der Waals surface area contributed by atoms with Gasteiger partial charge in [-0.2, -0.15) is 0 Å². The van der Waals surface area contributed by atoms with Crippen LogP contribution in [0.1, 0.15) is 20.3 Å². The molecule has 3 heteroatoms. The van der Waals surface area contributed by atoms with Crippen molar-refractivity contribution in [2.45, 2.75) is 30.4 Å². The Kier molecular flexibility index (Phi) is 5.78. The van der Waals surface area contributed by atoms with Crippen LogP contribution in [0.4, 0.5) is 4.39 Å². The van der Waals surface area contributed by atoms with Crippen LogP contribution in [0.3, 0.4) is 0 Å². The van der Waals surface area contributed by atoms with Crippen molar-refractivity contribution in [2.75, 3.05) is 6.67 Å². The fourth-order valence-corrected chi connectivity index (χ4v) is 1.08. The van der Waals surface area contributed by atoms with Crippen LogP contribution in [0.2, 0.25) is 0 Å². The van der Waals surface area contributed by atoms with Crippen molar-refractivity contribution in [1.29, 1.82) is 0 Å². The lowest BCUT2D eigenvalue weighted by molar-refractivity contribution is 0.423. The third-order valence-electron chi connectivity index (χ3n) is 1.21. The van der Waals surface area contributed by atoms with E-state index in [1.54, 1.807) is 0 Å². The maximum Gasteiger partial charge on any atom is 0.114 e. The Balaban J connectivity index is 3.22. The molecule has 0 aliphatic heterocycles. The molecule has 0 spiro atoms. The van der Waals surface area contributed by atoms with E-state index in [0.29, 0.717) is 6.04 Å². The Morgan fingerprint density at radius 3 is 2.56 bits per heavy atom. The van der Waals surface area contributed by atoms with Crippen LogP contribution in [0.5, 0.6) is 0 Å². The van der Waals surface area contributed by atoms with Gasteiger partial charge in [0.2, 0.25) is 0 Å². The summed E-state index contributed by atoms with van der Waals surface area (Å²) in [5.74, 6) is 0. The third-order valence-corrected chi connectivity index (χ3v) is 1.91. The van der Waals surface area contributed by atoms with E-state index >= 15 is 0 Å². The quantitative estimate of drug-likeness (QED) is 0.454. The molecule has 1 N–H and O–H groups in total. The molecule has 0 aromatic rings. The standard InChI is InChI=1S/C6H13FIN/c1-3-5(2)9-6(8)4-7/h5-6,9H,3-4H2,1-2H3. The van der Waals surface area contributed by atoms with Gasteiger partial charge >= 0.3 is 0 Å². The molecule has 0 bridgehead atoms. The van der Waals surface area contributed by atoms with E-state index in [-0.39, 0.29) is 10.7 Å². The molecular formula is C6H13FIN. The van der Waals surface area contributed by atoms with Crippen molar-refractivity contribution < 1.29 is 4.39 Å². The zero-order valence-electron chi connectivity index (χ0n) is 5.82. The van der Waals surface area contributed by atoms with Gasteiger partial charge in [-0.1, -0.05) is 29.5 Å². The van der Waals surface area contributed by atoms with Gasteiger partial charge in [-0.15, -0.1) is 0 Å². The third kappa shape index (κ3) is 5.08. The van der Waals surface area contributed by atoms with Gasteiger partial charge in [0.1, 0.15) is 6.67 Å². The van der Waals surface area contributed by atoms with Gasteiger partial charge in [0.05, 0.1) is 4.05 Å². The molecule has 0 aliphatic rings. The molecule has 2 atom stereocenters. The van der Waals surface area contributed by atoms with Gasteiger partial charge in [0.15, 0.2) is 0 Å². The van der Waals surface area contributed by atoms with Crippen molar-refractivity contribution >= 4 is 22.6 Å². The fourth-order valence-electron chi connectivity index (χ4n) is 0.471. The Hall–Kier alpha value is 0.620. The highest BCUT2D eigenvalue weighted by Gasteiger charge is 2.04. The van der Waals surface area contributed by atoms with Gasteiger partial charge in [-0.05, 0) is 13.3 Å². The lowest BCUT2D eigenvalue weighted by atomic mass is 10.3. The van der Waals surface area contributed by atoms with Gasteiger partial charge in [-0.25, -0.2) is 4.39 Å². The molecule has 56 valence electrons. The van der Waals surface area contributed by atoms with Gasteiger partial charge in [-0.3, -0.25) is 0 Å². The van der Waals surface area contributed by atoms with Crippen molar-refractivity contribution in [3.8, 4) is 0 Å². The highest BCUT2D eigenvalue weighted by molar-refractivity contribution is 14.1. The molecule has 0 saturated carbocycles. The summed E-state index contributed by atoms with van der Waals surface area (Å²) in [6.45, 7) is 3.85. The molecule has 0 amide bonds. The smallest absolute Gasteiger partial charge is 0.114 e. The highest BCUT2D eigenvalue weighted by atomic mass is 127. The van der Waals surface area contributed by atoms with E-state index in [2.05, 4.69) is 41.8 Å². The molecule has 0 fully saturated rings. The Morgan fingerprint density at radius 2 is 2.22 bits per heavy atom. The van der Waals surface area contributed by atoms with E-state index in [1.165, 1.54) is 0 Å². The molecule has 0 aliphatic carbocycles. The normalized spacial score (nSPS) is 17.3. The first-order valence-electron chi connectivity index (χ1n) is 3.16. The first-order chi connectivity index (χ1) is 4.20. The SMILES string of the molecule is CCC(C)NC(I)CF. The lowest BCUT2D eigenvalue weighted by Crippen LogP contribution is -2.33. The van der Waals surface area contributed by atoms with Crippen molar-refractivity contribution in [2.24, 2.45) is 0 Å². The zero-order valence-corrected chi connectivity index (χ0v) is 7.98. The Morgan fingerprint density at radius 1 is 1.67 bits per heavy atom. The van der Waals surface area contributed by atoms with Crippen molar-refractivity contribution in [1.82, 2.24) is 5.32 Å².